The molecule has 0 aliphatic rings. The molecule has 0 saturated carbocycles. The van der Waals surface area contributed by atoms with Gasteiger partial charge < -0.3 is 9.47 Å². The second-order valence-electron chi connectivity index (χ2n) is 9.29. The van der Waals surface area contributed by atoms with Gasteiger partial charge in [-0.2, -0.15) is 8.78 Å². The zero-order chi connectivity index (χ0) is 32.9. The first kappa shape index (κ1) is 32.8. The van der Waals surface area contributed by atoms with Crippen molar-refractivity contribution in [3.05, 3.63) is 129 Å². The Morgan fingerprint density at radius 2 is 1.13 bits per heavy atom. The molecule has 0 bridgehead atoms. The summed E-state index contributed by atoms with van der Waals surface area (Å²) >= 11 is 0. The van der Waals surface area contributed by atoms with E-state index in [1.54, 1.807) is 0 Å². The third-order valence-electron chi connectivity index (χ3n) is 5.96. The molecule has 12 heteroatoms. The van der Waals surface area contributed by atoms with Crippen molar-refractivity contribution in [1.29, 1.82) is 0 Å². The third kappa shape index (κ3) is 7.90. The van der Waals surface area contributed by atoms with Crippen molar-refractivity contribution in [3.63, 3.8) is 0 Å². The summed E-state index contributed by atoms with van der Waals surface area (Å²) in [6, 6.07) is 5.69. The number of hydrogen-bond donors (Lipinski definition) is 0. The summed E-state index contributed by atoms with van der Waals surface area (Å²) in [5.74, 6) is -4.36. The predicted octanol–water partition coefficient (Wildman–Crippen LogP) is 8.91. The lowest BCUT2D eigenvalue weighted by molar-refractivity contribution is -0.189. The summed E-state index contributed by atoms with van der Waals surface area (Å²) in [4.78, 5) is 0. The molecule has 4 aromatic carbocycles. The first-order valence-electron chi connectivity index (χ1n) is 13.0. The lowest BCUT2D eigenvalue weighted by Crippen LogP contribution is -2.25. The third-order valence-corrected chi connectivity index (χ3v) is 5.96. The SMILES string of the molecule is CCCCOc1cc(F)c(C#Cc2cc(F)c(C(F)(F)Oc3ccc(C#Cc4cc(F)c(F)c(F)c4)c(F)c3)c(F)c2)c(F)c1. The zero-order valence-corrected chi connectivity index (χ0v) is 22.9. The lowest BCUT2D eigenvalue weighted by atomic mass is 10.1. The van der Waals surface area contributed by atoms with Crippen LogP contribution in [0.15, 0.2) is 54.6 Å². The summed E-state index contributed by atoms with van der Waals surface area (Å²) in [5, 5.41) is 0. The van der Waals surface area contributed by atoms with Crippen LogP contribution in [0.1, 0.15) is 47.6 Å². The highest BCUT2D eigenvalue weighted by Crippen LogP contribution is 2.36. The topological polar surface area (TPSA) is 18.5 Å². The maximum Gasteiger partial charge on any atom is 0.432 e. The number of rotatable bonds is 7. The highest BCUT2D eigenvalue weighted by molar-refractivity contribution is 5.48. The maximum atomic E-state index is 14.8. The fraction of sp³-hybridized carbons (Fsp3) is 0.152. The average molecular weight is 636 g/mol. The number of hydrogen-bond acceptors (Lipinski definition) is 2. The molecule has 4 aromatic rings. The van der Waals surface area contributed by atoms with Crippen molar-refractivity contribution in [3.8, 4) is 35.2 Å². The number of halogens is 10. The standard InChI is InChI=1S/C33H18F10O2/c1-2-3-10-44-22-16-25(35)23(26(36)17-22)9-5-19-11-27(37)31(28(38)12-19)33(42,43)45-21-8-7-20(24(34)15-21)6-4-18-13-29(39)32(41)30(40)14-18/h7-8,11-17H,2-3,10H2,1H3. The van der Waals surface area contributed by atoms with E-state index in [-0.39, 0.29) is 17.9 Å². The van der Waals surface area contributed by atoms with Crippen LogP contribution < -0.4 is 9.47 Å². The van der Waals surface area contributed by atoms with Gasteiger partial charge in [0.1, 0.15) is 46.1 Å². The van der Waals surface area contributed by atoms with E-state index >= 15 is 0 Å². The van der Waals surface area contributed by atoms with Crippen LogP contribution in [0.25, 0.3) is 0 Å². The van der Waals surface area contributed by atoms with Gasteiger partial charge in [-0.25, -0.2) is 35.1 Å². The summed E-state index contributed by atoms with van der Waals surface area (Å²) in [7, 11) is 0. The summed E-state index contributed by atoms with van der Waals surface area (Å²) in [6.07, 6.45) is -3.25. The quantitative estimate of drug-likeness (QED) is 0.0874. The lowest BCUT2D eigenvalue weighted by Gasteiger charge is -2.19. The minimum absolute atomic E-state index is 0.0894. The van der Waals surface area contributed by atoms with E-state index in [0.29, 0.717) is 36.8 Å². The Balaban J connectivity index is 1.53. The first-order valence-corrected chi connectivity index (χ1v) is 13.0. The maximum absolute atomic E-state index is 14.8. The molecule has 0 fully saturated rings. The van der Waals surface area contributed by atoms with Crippen molar-refractivity contribution in [1.82, 2.24) is 0 Å². The largest absolute Gasteiger partial charge is 0.493 e. The van der Waals surface area contributed by atoms with Crippen LogP contribution in [0.5, 0.6) is 11.5 Å². The van der Waals surface area contributed by atoms with E-state index in [1.165, 1.54) is 0 Å². The monoisotopic (exact) mass is 636 g/mol. The molecule has 0 aliphatic carbocycles. The smallest absolute Gasteiger partial charge is 0.432 e. The first-order chi connectivity index (χ1) is 21.3. The minimum atomic E-state index is -4.69. The highest BCUT2D eigenvalue weighted by Gasteiger charge is 2.41. The molecule has 0 spiro atoms. The molecule has 45 heavy (non-hydrogen) atoms. The van der Waals surface area contributed by atoms with Crippen LogP contribution in [0.3, 0.4) is 0 Å². The van der Waals surface area contributed by atoms with Crippen LogP contribution >= 0.6 is 0 Å². The van der Waals surface area contributed by atoms with Crippen molar-refractivity contribution in [2.45, 2.75) is 25.9 Å². The molecule has 0 atom stereocenters. The number of alkyl halides is 2. The summed E-state index contributed by atoms with van der Waals surface area (Å²) in [5.41, 5.74) is -3.94. The Morgan fingerprint density at radius 3 is 1.69 bits per heavy atom. The predicted molar refractivity (Wildman–Crippen MR) is 142 cm³/mol. The molecule has 0 heterocycles. The highest BCUT2D eigenvalue weighted by atomic mass is 19.3. The van der Waals surface area contributed by atoms with Gasteiger partial charge in [0.15, 0.2) is 17.5 Å². The van der Waals surface area contributed by atoms with Gasteiger partial charge in [-0.15, -0.1) is 0 Å². The molecule has 4 rings (SSSR count). The van der Waals surface area contributed by atoms with E-state index in [2.05, 4.69) is 28.4 Å². The van der Waals surface area contributed by atoms with Gasteiger partial charge in [0.2, 0.25) is 0 Å². The molecule has 0 saturated heterocycles. The van der Waals surface area contributed by atoms with Crippen LogP contribution in [0.4, 0.5) is 43.9 Å². The fourth-order valence-corrected chi connectivity index (χ4v) is 3.77. The van der Waals surface area contributed by atoms with Crippen molar-refractivity contribution in [2.75, 3.05) is 6.61 Å². The van der Waals surface area contributed by atoms with Gasteiger partial charge in [0, 0.05) is 29.3 Å². The fourth-order valence-electron chi connectivity index (χ4n) is 3.77. The second-order valence-corrected chi connectivity index (χ2v) is 9.29. The van der Waals surface area contributed by atoms with Crippen molar-refractivity contribution >= 4 is 0 Å². The van der Waals surface area contributed by atoms with E-state index in [4.69, 9.17) is 4.74 Å². The molecular weight excluding hydrogens is 618 g/mol. The normalized spacial score (nSPS) is 10.9. The van der Waals surface area contributed by atoms with Gasteiger partial charge in [0.25, 0.3) is 0 Å². The molecule has 0 unspecified atom stereocenters. The molecule has 2 nitrogen and oxygen atoms in total. The summed E-state index contributed by atoms with van der Waals surface area (Å²) in [6.45, 7) is 2.12. The number of unbranched alkanes of at least 4 members (excludes halogenated alkanes) is 1. The van der Waals surface area contributed by atoms with E-state index in [1.807, 2.05) is 6.92 Å². The van der Waals surface area contributed by atoms with Crippen molar-refractivity contribution < 1.29 is 53.4 Å². The number of ether oxygens (including phenoxy) is 2. The van der Waals surface area contributed by atoms with Gasteiger partial charge >= 0.3 is 6.11 Å². The van der Waals surface area contributed by atoms with Gasteiger partial charge in [0.05, 0.1) is 17.7 Å². The molecule has 0 amide bonds. The Labute approximate surface area is 250 Å². The molecule has 0 aromatic heterocycles. The molecular formula is C33H18F10O2. The van der Waals surface area contributed by atoms with Crippen LogP contribution in [-0.4, -0.2) is 6.61 Å². The van der Waals surface area contributed by atoms with E-state index in [0.717, 1.165) is 30.7 Å². The van der Waals surface area contributed by atoms with Crippen molar-refractivity contribution in [2.24, 2.45) is 0 Å². The van der Waals surface area contributed by atoms with Crippen LogP contribution in [0.2, 0.25) is 0 Å². The zero-order valence-electron chi connectivity index (χ0n) is 22.9. The Kier molecular flexibility index (Phi) is 9.98. The van der Waals surface area contributed by atoms with Crippen LogP contribution in [0, 0.1) is 70.2 Å². The molecule has 0 radical (unpaired) electrons. The van der Waals surface area contributed by atoms with E-state index < -0.39 is 80.6 Å². The Hall–Kier alpha value is -5.10. The van der Waals surface area contributed by atoms with E-state index in [9.17, 15) is 43.9 Å². The average Bonchev–Trinajstić information content (AvgIpc) is 2.94. The van der Waals surface area contributed by atoms with Gasteiger partial charge in [-0.3, -0.25) is 0 Å². The second kappa shape index (κ2) is 13.7. The van der Waals surface area contributed by atoms with Gasteiger partial charge in [-0.05, 0) is 42.8 Å². The Bertz CT molecular complexity index is 1810. The molecule has 0 N–H and O–H groups in total. The summed E-state index contributed by atoms with van der Waals surface area (Å²) < 4.78 is 151. The molecule has 232 valence electrons. The van der Waals surface area contributed by atoms with Crippen LogP contribution in [-0.2, 0) is 6.11 Å². The number of benzene rings is 4. The Morgan fingerprint density at radius 1 is 0.600 bits per heavy atom. The minimum Gasteiger partial charge on any atom is -0.493 e. The van der Waals surface area contributed by atoms with Gasteiger partial charge in [-0.1, -0.05) is 37.0 Å². The molecule has 0 aliphatic heterocycles.